The highest BCUT2D eigenvalue weighted by molar-refractivity contribution is 5.80. The van der Waals surface area contributed by atoms with Crippen LogP contribution in [0.15, 0.2) is 47.1 Å². The molecule has 25 heavy (non-hydrogen) atoms. The van der Waals surface area contributed by atoms with Crippen molar-refractivity contribution in [2.75, 3.05) is 31.1 Å². The molecule has 0 N–H and O–H groups in total. The van der Waals surface area contributed by atoms with Crippen LogP contribution in [-0.4, -0.2) is 51.8 Å². The number of anilines is 1. The largest absolute Gasteiger partial charge is 0.423 e. The summed E-state index contributed by atoms with van der Waals surface area (Å²) in [4.78, 5) is 21.4. The van der Waals surface area contributed by atoms with E-state index in [1.807, 2.05) is 48.4 Å². The standard InChI is InChI=1S/C18H21N5O2/c1-2-15(23-9-5-8-19-23)17(24)21-10-12-22(13-11-21)18-20-14-6-3-4-7-16(14)25-18/h3-9,15H,2,10-13H2,1H3/t15-/m0/s1. The summed E-state index contributed by atoms with van der Waals surface area (Å²) in [6, 6.07) is 10.00. The molecular weight excluding hydrogens is 318 g/mol. The van der Waals surface area contributed by atoms with Gasteiger partial charge in [-0.05, 0) is 24.6 Å². The minimum atomic E-state index is -0.231. The van der Waals surface area contributed by atoms with Crippen LogP contribution in [-0.2, 0) is 4.79 Å². The second-order valence-electron chi connectivity index (χ2n) is 6.19. The normalized spacial score (nSPS) is 16.4. The van der Waals surface area contributed by atoms with Crippen molar-refractivity contribution < 1.29 is 9.21 Å². The molecule has 7 heteroatoms. The molecule has 1 amide bonds. The van der Waals surface area contributed by atoms with Gasteiger partial charge in [0.1, 0.15) is 11.6 Å². The summed E-state index contributed by atoms with van der Waals surface area (Å²) in [5.74, 6) is 0.128. The summed E-state index contributed by atoms with van der Waals surface area (Å²) in [5, 5.41) is 4.22. The average molecular weight is 339 g/mol. The lowest BCUT2D eigenvalue weighted by atomic mass is 10.2. The molecule has 1 aliphatic rings. The van der Waals surface area contributed by atoms with Gasteiger partial charge in [-0.2, -0.15) is 10.1 Å². The molecule has 0 saturated carbocycles. The van der Waals surface area contributed by atoms with Crippen molar-refractivity contribution in [3.8, 4) is 0 Å². The van der Waals surface area contributed by atoms with E-state index in [0.717, 1.165) is 17.5 Å². The van der Waals surface area contributed by atoms with E-state index >= 15 is 0 Å². The number of para-hydroxylation sites is 2. The van der Waals surface area contributed by atoms with Gasteiger partial charge in [0, 0.05) is 38.6 Å². The van der Waals surface area contributed by atoms with Crippen molar-refractivity contribution in [2.45, 2.75) is 19.4 Å². The molecule has 3 aromatic rings. The lowest BCUT2D eigenvalue weighted by molar-refractivity contribution is -0.135. The number of rotatable bonds is 4. The lowest BCUT2D eigenvalue weighted by Gasteiger charge is -2.35. The van der Waals surface area contributed by atoms with E-state index in [4.69, 9.17) is 4.42 Å². The molecule has 1 fully saturated rings. The van der Waals surface area contributed by atoms with E-state index in [0.29, 0.717) is 32.2 Å². The zero-order valence-electron chi connectivity index (χ0n) is 14.2. The molecule has 7 nitrogen and oxygen atoms in total. The zero-order chi connectivity index (χ0) is 17.2. The Morgan fingerprint density at radius 1 is 1.20 bits per heavy atom. The molecule has 3 heterocycles. The molecule has 1 atom stereocenters. The van der Waals surface area contributed by atoms with Gasteiger partial charge in [-0.25, -0.2) is 0 Å². The van der Waals surface area contributed by atoms with Gasteiger partial charge in [0.15, 0.2) is 5.58 Å². The fourth-order valence-electron chi connectivity index (χ4n) is 3.26. The number of oxazole rings is 1. The van der Waals surface area contributed by atoms with Crippen LogP contribution in [0.2, 0.25) is 0 Å². The third-order valence-electron chi connectivity index (χ3n) is 4.66. The van der Waals surface area contributed by atoms with Gasteiger partial charge in [-0.15, -0.1) is 0 Å². The quantitative estimate of drug-likeness (QED) is 0.730. The second kappa shape index (κ2) is 6.58. The Balaban J connectivity index is 1.43. The van der Waals surface area contributed by atoms with Crippen LogP contribution in [0.5, 0.6) is 0 Å². The maximum absolute atomic E-state index is 12.8. The van der Waals surface area contributed by atoms with E-state index in [9.17, 15) is 4.79 Å². The highest BCUT2D eigenvalue weighted by Crippen LogP contribution is 2.23. The van der Waals surface area contributed by atoms with Crippen molar-refractivity contribution >= 4 is 23.0 Å². The molecule has 1 aliphatic heterocycles. The van der Waals surface area contributed by atoms with E-state index < -0.39 is 0 Å². The fraction of sp³-hybridized carbons (Fsp3) is 0.389. The predicted molar refractivity (Wildman–Crippen MR) is 94.4 cm³/mol. The maximum atomic E-state index is 12.8. The number of benzene rings is 1. The summed E-state index contributed by atoms with van der Waals surface area (Å²) in [6.45, 7) is 4.77. The van der Waals surface area contributed by atoms with Gasteiger partial charge in [0.25, 0.3) is 6.01 Å². The monoisotopic (exact) mass is 339 g/mol. The maximum Gasteiger partial charge on any atom is 0.298 e. The average Bonchev–Trinajstić information content (AvgIpc) is 3.32. The molecule has 0 aliphatic carbocycles. The Labute approximate surface area is 145 Å². The summed E-state index contributed by atoms with van der Waals surface area (Å²) >= 11 is 0. The molecule has 0 bridgehead atoms. The number of carbonyl (C=O) groups excluding carboxylic acids is 1. The zero-order valence-corrected chi connectivity index (χ0v) is 14.2. The summed E-state index contributed by atoms with van der Waals surface area (Å²) in [6.07, 6.45) is 4.29. The number of piperazine rings is 1. The third kappa shape index (κ3) is 2.97. The van der Waals surface area contributed by atoms with Gasteiger partial charge in [0.05, 0.1) is 0 Å². The lowest BCUT2D eigenvalue weighted by Crippen LogP contribution is -2.50. The topological polar surface area (TPSA) is 67.4 Å². The van der Waals surface area contributed by atoms with Gasteiger partial charge in [-0.3, -0.25) is 9.48 Å². The number of hydrogen-bond acceptors (Lipinski definition) is 5. The van der Waals surface area contributed by atoms with Crippen LogP contribution in [0.4, 0.5) is 6.01 Å². The fourth-order valence-corrected chi connectivity index (χ4v) is 3.26. The Kier molecular flexibility index (Phi) is 4.13. The molecule has 2 aromatic heterocycles. The summed E-state index contributed by atoms with van der Waals surface area (Å²) in [7, 11) is 0. The first-order chi connectivity index (χ1) is 12.3. The Bertz CT molecular complexity index is 816. The number of nitrogens with zero attached hydrogens (tertiary/aromatic N) is 5. The van der Waals surface area contributed by atoms with Gasteiger partial charge in [-0.1, -0.05) is 19.1 Å². The predicted octanol–water partition coefficient (Wildman–Crippen LogP) is 2.32. The molecule has 0 unspecified atom stereocenters. The number of fused-ring (bicyclic) bond motifs is 1. The number of aromatic nitrogens is 3. The van der Waals surface area contributed by atoms with Gasteiger partial charge < -0.3 is 14.2 Å². The van der Waals surface area contributed by atoms with Crippen molar-refractivity contribution in [3.05, 3.63) is 42.7 Å². The van der Waals surface area contributed by atoms with E-state index in [1.54, 1.807) is 10.9 Å². The molecule has 1 saturated heterocycles. The SMILES string of the molecule is CC[C@@H](C(=O)N1CCN(c2nc3ccccc3o2)CC1)n1cccn1. The first-order valence-electron chi connectivity index (χ1n) is 8.64. The van der Waals surface area contributed by atoms with E-state index in [-0.39, 0.29) is 11.9 Å². The van der Waals surface area contributed by atoms with Crippen LogP contribution in [0.3, 0.4) is 0 Å². The Morgan fingerprint density at radius 2 is 2.00 bits per heavy atom. The highest BCUT2D eigenvalue weighted by Gasteiger charge is 2.29. The Hall–Kier alpha value is -2.83. The smallest absolute Gasteiger partial charge is 0.298 e. The first kappa shape index (κ1) is 15.7. The van der Waals surface area contributed by atoms with Gasteiger partial charge in [0.2, 0.25) is 5.91 Å². The minimum Gasteiger partial charge on any atom is -0.423 e. The van der Waals surface area contributed by atoms with Crippen LogP contribution >= 0.6 is 0 Å². The highest BCUT2D eigenvalue weighted by atomic mass is 16.4. The molecule has 0 radical (unpaired) electrons. The van der Waals surface area contributed by atoms with Gasteiger partial charge >= 0.3 is 0 Å². The minimum absolute atomic E-state index is 0.128. The molecule has 1 aromatic carbocycles. The van der Waals surface area contributed by atoms with Crippen LogP contribution in [0.25, 0.3) is 11.1 Å². The van der Waals surface area contributed by atoms with Crippen LogP contribution in [0.1, 0.15) is 19.4 Å². The third-order valence-corrected chi connectivity index (χ3v) is 4.66. The molecule has 4 rings (SSSR count). The summed E-state index contributed by atoms with van der Waals surface area (Å²) in [5.41, 5.74) is 1.65. The van der Waals surface area contributed by atoms with Crippen molar-refractivity contribution in [1.82, 2.24) is 19.7 Å². The molecular formula is C18H21N5O2. The molecule has 0 spiro atoms. The van der Waals surface area contributed by atoms with Crippen molar-refractivity contribution in [3.63, 3.8) is 0 Å². The second-order valence-corrected chi connectivity index (χ2v) is 6.19. The number of hydrogen-bond donors (Lipinski definition) is 0. The van der Waals surface area contributed by atoms with Crippen LogP contribution in [0, 0.1) is 0 Å². The van der Waals surface area contributed by atoms with Crippen molar-refractivity contribution in [2.24, 2.45) is 0 Å². The first-order valence-corrected chi connectivity index (χ1v) is 8.64. The van der Waals surface area contributed by atoms with E-state index in [1.165, 1.54) is 0 Å². The number of carbonyl (C=O) groups is 1. The molecule has 130 valence electrons. The van der Waals surface area contributed by atoms with E-state index in [2.05, 4.69) is 15.0 Å². The summed E-state index contributed by atoms with van der Waals surface area (Å²) < 4.78 is 7.57. The van der Waals surface area contributed by atoms with Crippen LogP contribution < -0.4 is 4.90 Å². The Morgan fingerprint density at radius 3 is 2.68 bits per heavy atom. The van der Waals surface area contributed by atoms with Crippen molar-refractivity contribution in [1.29, 1.82) is 0 Å². The number of amides is 1.